The zero-order chi connectivity index (χ0) is 18.2. The number of guanidine groups is 1. The van der Waals surface area contributed by atoms with Crippen molar-refractivity contribution in [2.45, 2.75) is 51.2 Å². The van der Waals surface area contributed by atoms with E-state index in [1.165, 1.54) is 37.8 Å². The third-order valence-corrected chi connectivity index (χ3v) is 5.81. The van der Waals surface area contributed by atoms with E-state index >= 15 is 0 Å². The fraction of sp³-hybridized carbons (Fsp3) is 0.667. The summed E-state index contributed by atoms with van der Waals surface area (Å²) in [5, 5.41) is 7.20. The number of aliphatic imine (C=N–C) groups is 1. The molecule has 2 fully saturated rings. The Kier molecular flexibility index (Phi) is 7.32. The van der Waals surface area contributed by atoms with E-state index in [4.69, 9.17) is 0 Å². The van der Waals surface area contributed by atoms with Gasteiger partial charge in [0.15, 0.2) is 5.96 Å². The van der Waals surface area contributed by atoms with Crippen LogP contribution in [0, 0.1) is 0 Å². The number of nitrogens with zero attached hydrogens (tertiary/aromatic N) is 3. The monoisotopic (exact) mass is 357 g/mol. The number of hydrogen-bond acceptors (Lipinski definition) is 3. The lowest BCUT2D eigenvalue weighted by Gasteiger charge is -2.33. The van der Waals surface area contributed by atoms with E-state index in [0.717, 1.165) is 38.7 Å². The van der Waals surface area contributed by atoms with Crippen molar-refractivity contribution < 1.29 is 0 Å². The standard InChI is InChI=1S/C21H35N5/c1-3-26-13-7-10-20(26)16-23-21(22-2)24-19-11-14-25(15-12-19)17-18-8-5-4-6-9-18/h4-6,8-9,19-20H,3,7,10-17H2,1-2H3,(H2,22,23,24). The van der Waals surface area contributed by atoms with Crippen molar-refractivity contribution in [1.82, 2.24) is 20.4 Å². The summed E-state index contributed by atoms with van der Waals surface area (Å²) < 4.78 is 0. The molecule has 144 valence electrons. The summed E-state index contributed by atoms with van der Waals surface area (Å²) in [4.78, 5) is 9.57. The highest BCUT2D eigenvalue weighted by atomic mass is 15.2. The van der Waals surface area contributed by atoms with Gasteiger partial charge in [-0.15, -0.1) is 0 Å². The molecule has 1 aromatic rings. The van der Waals surface area contributed by atoms with Crippen LogP contribution >= 0.6 is 0 Å². The van der Waals surface area contributed by atoms with Gasteiger partial charge in [0.1, 0.15) is 0 Å². The highest BCUT2D eigenvalue weighted by Gasteiger charge is 2.24. The molecule has 0 aromatic heterocycles. The quantitative estimate of drug-likeness (QED) is 0.606. The van der Waals surface area contributed by atoms with Gasteiger partial charge in [-0.3, -0.25) is 14.8 Å². The van der Waals surface area contributed by atoms with Crippen molar-refractivity contribution in [3.05, 3.63) is 35.9 Å². The first-order valence-corrected chi connectivity index (χ1v) is 10.3. The summed E-state index contributed by atoms with van der Waals surface area (Å²) in [5.74, 6) is 0.967. The lowest BCUT2D eigenvalue weighted by atomic mass is 10.0. The minimum absolute atomic E-state index is 0.527. The summed E-state index contributed by atoms with van der Waals surface area (Å²) in [6.45, 7) is 9.02. The Balaban J connectivity index is 1.38. The van der Waals surface area contributed by atoms with E-state index < -0.39 is 0 Å². The maximum absolute atomic E-state index is 4.44. The Bertz CT molecular complexity index is 551. The van der Waals surface area contributed by atoms with Crippen LogP contribution in [0.5, 0.6) is 0 Å². The van der Waals surface area contributed by atoms with Crippen molar-refractivity contribution in [3.8, 4) is 0 Å². The maximum atomic E-state index is 4.44. The van der Waals surface area contributed by atoms with Gasteiger partial charge in [-0.1, -0.05) is 37.3 Å². The van der Waals surface area contributed by atoms with Crippen LogP contribution in [0.3, 0.4) is 0 Å². The van der Waals surface area contributed by atoms with E-state index in [1.807, 2.05) is 7.05 Å². The molecule has 2 aliphatic heterocycles. The first-order chi connectivity index (χ1) is 12.8. The van der Waals surface area contributed by atoms with E-state index in [2.05, 4.69) is 62.7 Å². The molecule has 0 radical (unpaired) electrons. The third kappa shape index (κ3) is 5.45. The molecule has 2 saturated heterocycles. The number of rotatable bonds is 6. The highest BCUT2D eigenvalue weighted by Crippen LogP contribution is 2.16. The van der Waals surface area contributed by atoms with Crippen LogP contribution in [0.1, 0.15) is 38.2 Å². The normalized spacial score (nSPS) is 23.3. The molecule has 0 aliphatic carbocycles. The number of nitrogens with one attached hydrogen (secondary N) is 2. The Morgan fingerprint density at radius 2 is 1.88 bits per heavy atom. The molecule has 0 bridgehead atoms. The molecule has 2 aliphatic rings. The minimum Gasteiger partial charge on any atom is -0.355 e. The SMILES string of the molecule is CCN1CCCC1CNC(=NC)NC1CCN(Cc2ccccc2)CC1. The Morgan fingerprint density at radius 1 is 1.12 bits per heavy atom. The van der Waals surface area contributed by atoms with Crippen molar-refractivity contribution in [2.75, 3.05) is 39.8 Å². The number of piperidine rings is 1. The average Bonchev–Trinajstić information content (AvgIpc) is 3.15. The first kappa shape index (κ1) is 19.2. The lowest BCUT2D eigenvalue weighted by Crippen LogP contribution is -2.50. The second kappa shape index (κ2) is 9.93. The van der Waals surface area contributed by atoms with Gasteiger partial charge in [0.25, 0.3) is 0 Å². The van der Waals surface area contributed by atoms with Gasteiger partial charge in [-0.25, -0.2) is 0 Å². The number of likely N-dealkylation sites (N-methyl/N-ethyl adjacent to an activating group) is 1. The van der Waals surface area contributed by atoms with Gasteiger partial charge in [-0.05, 0) is 44.3 Å². The second-order valence-electron chi connectivity index (χ2n) is 7.56. The predicted molar refractivity (Wildman–Crippen MR) is 110 cm³/mol. The number of benzene rings is 1. The van der Waals surface area contributed by atoms with Crippen LogP contribution in [0.2, 0.25) is 0 Å². The van der Waals surface area contributed by atoms with Crippen molar-refractivity contribution >= 4 is 5.96 Å². The smallest absolute Gasteiger partial charge is 0.191 e. The van der Waals surface area contributed by atoms with Crippen LogP contribution in [-0.2, 0) is 6.54 Å². The number of likely N-dealkylation sites (tertiary alicyclic amines) is 2. The van der Waals surface area contributed by atoms with Gasteiger partial charge >= 0.3 is 0 Å². The molecule has 1 unspecified atom stereocenters. The van der Waals surface area contributed by atoms with E-state index in [-0.39, 0.29) is 0 Å². The molecule has 0 amide bonds. The van der Waals surface area contributed by atoms with Crippen molar-refractivity contribution in [1.29, 1.82) is 0 Å². The fourth-order valence-corrected chi connectivity index (χ4v) is 4.22. The van der Waals surface area contributed by atoms with Crippen LogP contribution in [0.15, 0.2) is 35.3 Å². The average molecular weight is 358 g/mol. The zero-order valence-corrected chi connectivity index (χ0v) is 16.5. The van der Waals surface area contributed by atoms with Gasteiger partial charge < -0.3 is 10.6 Å². The van der Waals surface area contributed by atoms with E-state index in [0.29, 0.717) is 12.1 Å². The molecular formula is C21H35N5. The molecule has 5 heteroatoms. The Labute approximate surface area is 158 Å². The molecule has 0 spiro atoms. The molecule has 1 atom stereocenters. The Morgan fingerprint density at radius 3 is 2.58 bits per heavy atom. The first-order valence-electron chi connectivity index (χ1n) is 10.3. The largest absolute Gasteiger partial charge is 0.355 e. The molecule has 26 heavy (non-hydrogen) atoms. The maximum Gasteiger partial charge on any atom is 0.191 e. The molecule has 0 saturated carbocycles. The fourth-order valence-electron chi connectivity index (χ4n) is 4.22. The molecule has 2 N–H and O–H groups in total. The van der Waals surface area contributed by atoms with E-state index in [1.54, 1.807) is 0 Å². The van der Waals surface area contributed by atoms with Gasteiger partial charge in [-0.2, -0.15) is 0 Å². The highest BCUT2D eigenvalue weighted by molar-refractivity contribution is 5.80. The van der Waals surface area contributed by atoms with Crippen molar-refractivity contribution in [2.24, 2.45) is 4.99 Å². The van der Waals surface area contributed by atoms with Crippen molar-refractivity contribution in [3.63, 3.8) is 0 Å². The Hall–Kier alpha value is -1.59. The molecule has 5 nitrogen and oxygen atoms in total. The van der Waals surface area contributed by atoms with Crippen LogP contribution in [-0.4, -0.2) is 67.6 Å². The second-order valence-corrected chi connectivity index (χ2v) is 7.56. The lowest BCUT2D eigenvalue weighted by molar-refractivity contribution is 0.198. The van der Waals surface area contributed by atoms with Crippen LogP contribution < -0.4 is 10.6 Å². The molecule has 2 heterocycles. The summed E-state index contributed by atoms with van der Waals surface area (Å²) >= 11 is 0. The zero-order valence-electron chi connectivity index (χ0n) is 16.5. The number of hydrogen-bond donors (Lipinski definition) is 2. The summed E-state index contributed by atoms with van der Waals surface area (Å²) in [6.07, 6.45) is 4.98. The van der Waals surface area contributed by atoms with Gasteiger partial charge in [0, 0.05) is 45.3 Å². The van der Waals surface area contributed by atoms with E-state index in [9.17, 15) is 0 Å². The summed E-state index contributed by atoms with van der Waals surface area (Å²) in [7, 11) is 1.88. The van der Waals surface area contributed by atoms with Crippen LogP contribution in [0.25, 0.3) is 0 Å². The topological polar surface area (TPSA) is 42.9 Å². The van der Waals surface area contributed by atoms with Crippen LogP contribution in [0.4, 0.5) is 0 Å². The minimum atomic E-state index is 0.527. The summed E-state index contributed by atoms with van der Waals surface area (Å²) in [6, 6.07) is 12.0. The van der Waals surface area contributed by atoms with Gasteiger partial charge in [0.05, 0.1) is 0 Å². The summed E-state index contributed by atoms with van der Waals surface area (Å²) in [5.41, 5.74) is 1.41. The molecule has 3 rings (SSSR count). The predicted octanol–water partition coefficient (Wildman–Crippen LogP) is 2.30. The third-order valence-electron chi connectivity index (χ3n) is 5.81. The molecule has 1 aromatic carbocycles. The van der Waals surface area contributed by atoms with Gasteiger partial charge in [0.2, 0.25) is 0 Å². The molecular weight excluding hydrogens is 322 g/mol.